The number of halogens is 3. The highest BCUT2D eigenvalue weighted by molar-refractivity contribution is 6.40. The zero-order chi connectivity index (χ0) is 76.0. The third-order valence-corrected chi connectivity index (χ3v) is 21.0. The first-order chi connectivity index (χ1) is 53.1. The first-order valence-electron chi connectivity index (χ1n) is 34.0. The van der Waals surface area contributed by atoms with Crippen molar-refractivity contribution in [3.8, 4) is 34.5 Å². The normalized spacial score (nSPS) is 15.5. The van der Waals surface area contributed by atoms with E-state index in [9.17, 15) is 57.8 Å². The number of carbonyl (C=O) groups is 11. The number of hydrogen-bond donors (Lipinski definition) is 1. The van der Waals surface area contributed by atoms with Crippen molar-refractivity contribution < 1.29 is 72.1 Å². The van der Waals surface area contributed by atoms with Gasteiger partial charge in [0.15, 0.2) is 6.23 Å². The average molecular weight is 1510 g/mol. The second kappa shape index (κ2) is 25.6. The van der Waals surface area contributed by atoms with Crippen LogP contribution < -0.4 is 43.6 Å². The zero-order valence-corrected chi connectivity index (χ0v) is 59.1. The Bertz CT molecular complexity index is 5980. The van der Waals surface area contributed by atoms with Gasteiger partial charge in [-0.3, -0.25) is 57.6 Å². The lowest BCUT2D eigenvalue weighted by molar-refractivity contribution is 0.0908. The number of aliphatic hydroxyl groups excluding tert-OH is 1. The predicted molar refractivity (Wildman–Crippen MR) is 406 cm³/mol. The fourth-order valence-corrected chi connectivity index (χ4v) is 15.3. The fourth-order valence-electron chi connectivity index (χ4n) is 14.8. The lowest BCUT2D eigenvalue weighted by Gasteiger charge is -2.32. The van der Waals surface area contributed by atoms with Gasteiger partial charge in [0, 0.05) is 37.3 Å². The summed E-state index contributed by atoms with van der Waals surface area (Å²) in [6.45, 7) is 2.01. The second-order valence-corrected chi connectivity index (χ2v) is 27.9. The van der Waals surface area contributed by atoms with Gasteiger partial charge in [-0.15, -0.1) is 0 Å². The molecule has 532 valence electrons. The summed E-state index contributed by atoms with van der Waals surface area (Å²) >= 11 is 18.5. The molecule has 11 amide bonds. The van der Waals surface area contributed by atoms with Crippen LogP contribution in [0.5, 0.6) is 34.5 Å². The molecule has 0 aliphatic carbocycles. The number of imide groups is 5. The van der Waals surface area contributed by atoms with Crippen molar-refractivity contribution in [2.24, 2.45) is 0 Å². The van der Waals surface area contributed by atoms with Crippen molar-refractivity contribution in [3.05, 3.63) is 353 Å². The Kier molecular flexibility index (Phi) is 15.8. The predicted octanol–water partition coefficient (Wildman–Crippen LogP) is 17.0. The van der Waals surface area contributed by atoms with Gasteiger partial charge in [-0.05, 0) is 218 Å². The molecule has 1 unspecified atom stereocenters. The van der Waals surface area contributed by atoms with Crippen molar-refractivity contribution in [3.63, 3.8) is 0 Å². The summed E-state index contributed by atoms with van der Waals surface area (Å²) in [6, 6.07) is 67.0. The van der Waals surface area contributed by atoms with Crippen LogP contribution in [0.25, 0.3) is 0 Å². The molecule has 6 aliphatic rings. The first-order valence-corrected chi connectivity index (χ1v) is 35.1. The van der Waals surface area contributed by atoms with E-state index in [1.807, 2.05) is 43.3 Å². The highest BCUT2D eigenvalue weighted by Crippen LogP contribution is 2.46. The standard InChI is InChI=1S/C86H47Cl3N6O15/c1-86(44-11-20-56(21-12-44)108-59-26-32-65-71(41-59)83(105)93(77(65)99)53-8-2-5-50(38-53)90-74(96)62-29-17-47(87)35-68(62)80(90)102,45-13-22-57(23-14-45)109-60-27-33-66-72(42-60)84(106)94(78(66)100)54-9-3-6-51(39-54)91-75(97)63-30-18-48(88)36-69(63)81(91)103)46-15-24-58(25-16-46)110-61-28-34-67-73(43-61)85(107)95(79(67)101)55-10-4-7-52(40-55)92-76(98)64-31-19-49(89)37-70(64)82(92)104/h2-43,74,96H,1H3. The Balaban J connectivity index is 0.607. The van der Waals surface area contributed by atoms with Gasteiger partial charge >= 0.3 is 0 Å². The lowest BCUT2D eigenvalue weighted by Crippen LogP contribution is -2.31. The summed E-state index contributed by atoms with van der Waals surface area (Å²) in [7, 11) is 0. The van der Waals surface area contributed by atoms with Crippen LogP contribution in [0.1, 0.15) is 149 Å². The summed E-state index contributed by atoms with van der Waals surface area (Å²) < 4.78 is 19.2. The summed E-state index contributed by atoms with van der Waals surface area (Å²) in [5.41, 5.74) is 3.96. The van der Waals surface area contributed by atoms with Crippen molar-refractivity contribution in [1.29, 1.82) is 0 Å². The van der Waals surface area contributed by atoms with Crippen LogP contribution in [0.2, 0.25) is 15.1 Å². The smallest absolute Gasteiger partial charge is 0.266 e. The van der Waals surface area contributed by atoms with Gasteiger partial charge in [0.2, 0.25) is 0 Å². The molecular weight excluding hydrogens is 1460 g/mol. The van der Waals surface area contributed by atoms with Crippen molar-refractivity contribution >= 4 is 134 Å². The summed E-state index contributed by atoms with van der Waals surface area (Å²) in [5.74, 6) is -4.88. The number of rotatable bonds is 15. The van der Waals surface area contributed by atoms with E-state index in [1.54, 1.807) is 84.9 Å². The molecule has 12 aromatic rings. The van der Waals surface area contributed by atoms with Gasteiger partial charge in [0.1, 0.15) is 34.5 Å². The largest absolute Gasteiger partial charge is 0.457 e. The fraction of sp³-hybridized carbons (Fsp3) is 0.0349. The molecule has 12 aromatic carbocycles. The molecule has 0 fully saturated rings. The molecule has 6 aliphatic heterocycles. The van der Waals surface area contributed by atoms with Crippen LogP contribution in [0.4, 0.5) is 34.1 Å². The van der Waals surface area contributed by atoms with Crippen molar-refractivity contribution in [2.75, 3.05) is 29.4 Å². The lowest BCUT2D eigenvalue weighted by atomic mass is 9.71. The Hall–Kier alpha value is -14.0. The van der Waals surface area contributed by atoms with Crippen molar-refractivity contribution in [2.45, 2.75) is 18.6 Å². The Morgan fingerprint density at radius 2 is 0.509 bits per heavy atom. The molecule has 18 rings (SSSR count). The Morgan fingerprint density at radius 3 is 0.827 bits per heavy atom. The topological polar surface area (TPSA) is 255 Å². The van der Waals surface area contributed by atoms with Gasteiger partial charge in [-0.1, -0.05) is 95.5 Å². The molecule has 0 saturated heterocycles. The third kappa shape index (κ3) is 10.8. The van der Waals surface area contributed by atoms with Gasteiger partial charge in [-0.25, -0.2) is 24.5 Å². The molecule has 1 atom stereocenters. The quantitative estimate of drug-likeness (QED) is 0.0739. The van der Waals surface area contributed by atoms with Crippen molar-refractivity contribution in [1.82, 2.24) is 0 Å². The van der Waals surface area contributed by atoms with E-state index < -0.39 is 76.6 Å². The molecule has 0 aromatic heterocycles. The van der Waals surface area contributed by atoms with E-state index in [0.29, 0.717) is 27.8 Å². The number of carbonyl (C=O) groups excluding carboxylic acids is 11. The van der Waals surface area contributed by atoms with E-state index in [4.69, 9.17) is 49.0 Å². The molecule has 110 heavy (non-hydrogen) atoms. The highest BCUT2D eigenvalue weighted by Gasteiger charge is 2.45. The maximum absolute atomic E-state index is 14.3. The average Bonchev–Trinajstić information content (AvgIpc) is 0.855. The number of benzene rings is 12. The maximum atomic E-state index is 14.3. The minimum Gasteiger partial charge on any atom is -0.457 e. The molecule has 0 bridgehead atoms. The Labute approximate surface area is 638 Å². The highest BCUT2D eigenvalue weighted by atomic mass is 35.5. The van der Waals surface area contributed by atoms with Crippen LogP contribution in [0, 0.1) is 0 Å². The number of fused-ring (bicyclic) bond motifs is 6. The molecule has 0 spiro atoms. The van der Waals surface area contributed by atoms with Gasteiger partial charge in [-0.2, -0.15) is 0 Å². The third-order valence-electron chi connectivity index (χ3n) is 20.3. The SMILES string of the molecule is CC(c1ccc(Oc2ccc3c(c2)C(=O)N(c2cccc(N4C(=O)c5ccc(Cl)cc5C4=O)c2)C3=O)cc1)(c1ccc(Oc2ccc3c(c2)C(=O)N(c2cccc(N4C(=O)c5ccc(Cl)cc5C4=O)c2)C3=O)cc1)c1ccc(Oc2ccc3c(c2)C(=O)N(c2cccc(N4C(=O)c5cc(Cl)ccc5C4O)c2)C3=O)cc1. The molecular formula is C86H47Cl3N6O15. The van der Waals surface area contributed by atoms with E-state index in [2.05, 4.69) is 0 Å². The van der Waals surface area contributed by atoms with Gasteiger partial charge < -0.3 is 19.3 Å². The van der Waals surface area contributed by atoms with Gasteiger partial charge in [0.25, 0.3) is 65.0 Å². The maximum Gasteiger partial charge on any atom is 0.266 e. The van der Waals surface area contributed by atoms with Crippen LogP contribution in [-0.4, -0.2) is 70.1 Å². The summed E-state index contributed by atoms with van der Waals surface area (Å²) in [5, 5.41) is 12.1. The van der Waals surface area contributed by atoms with Crippen LogP contribution in [0.3, 0.4) is 0 Å². The number of anilines is 6. The molecule has 24 heteroatoms. The Morgan fingerprint density at radius 1 is 0.264 bits per heavy atom. The zero-order valence-electron chi connectivity index (χ0n) is 56.8. The number of hydrogen-bond acceptors (Lipinski definition) is 15. The minimum absolute atomic E-state index is 0.0574. The molecule has 0 saturated carbocycles. The number of nitrogens with zero attached hydrogens (tertiary/aromatic N) is 6. The second-order valence-electron chi connectivity index (χ2n) is 26.6. The molecule has 1 N–H and O–H groups in total. The van der Waals surface area contributed by atoms with Crippen LogP contribution in [-0.2, 0) is 5.41 Å². The van der Waals surface area contributed by atoms with Crippen LogP contribution >= 0.6 is 34.8 Å². The van der Waals surface area contributed by atoms with E-state index in [-0.39, 0.29) is 123 Å². The van der Waals surface area contributed by atoms with Gasteiger partial charge in [0.05, 0.1) is 84.1 Å². The molecule has 21 nitrogen and oxygen atoms in total. The molecule has 6 heterocycles. The number of ether oxygens (including phenoxy) is 3. The monoisotopic (exact) mass is 1510 g/mol. The van der Waals surface area contributed by atoms with E-state index >= 15 is 0 Å². The number of aliphatic hydroxyl groups is 1. The summed E-state index contributed by atoms with van der Waals surface area (Å²) in [4.78, 5) is 158. The van der Waals surface area contributed by atoms with Crippen LogP contribution in [0.15, 0.2) is 255 Å². The summed E-state index contributed by atoms with van der Waals surface area (Å²) in [6.07, 6.45) is -1.34. The number of amides is 11. The minimum atomic E-state index is -1.34. The van der Waals surface area contributed by atoms with E-state index in [0.717, 1.165) is 46.1 Å². The van der Waals surface area contributed by atoms with E-state index in [1.165, 1.54) is 133 Å². The first kappa shape index (κ1) is 67.9. The molecule has 0 radical (unpaired) electrons.